The first-order chi connectivity index (χ1) is 15.4. The summed E-state index contributed by atoms with van der Waals surface area (Å²) in [4.78, 5) is 28.2. The molecule has 2 aromatic carbocycles. The third-order valence-corrected chi connectivity index (χ3v) is 6.27. The Hall–Kier alpha value is -2.92. The molecular formula is C27H32N2O3. The van der Waals surface area contributed by atoms with Crippen LogP contribution >= 0.6 is 0 Å². The monoisotopic (exact) mass is 432 g/mol. The largest absolute Gasteiger partial charge is 0.416 e. The highest BCUT2D eigenvalue weighted by atomic mass is 16.4. The molecule has 1 fully saturated rings. The molecule has 1 aromatic heterocycles. The lowest BCUT2D eigenvalue weighted by Gasteiger charge is -2.34. The number of fused-ring (bicyclic) bond motifs is 1. The lowest BCUT2D eigenvalue weighted by atomic mass is 9.92. The van der Waals surface area contributed by atoms with Crippen molar-refractivity contribution in [2.24, 2.45) is 11.8 Å². The molecular weight excluding hydrogens is 400 g/mol. The van der Waals surface area contributed by atoms with Gasteiger partial charge in [0.2, 0.25) is 5.76 Å². The summed E-state index contributed by atoms with van der Waals surface area (Å²) in [6.45, 7) is 10.4. The summed E-state index contributed by atoms with van der Waals surface area (Å²) in [5.74, 6) is 1.18. The number of amides is 1. The number of piperidine rings is 1. The van der Waals surface area contributed by atoms with Crippen LogP contribution in [0.3, 0.4) is 0 Å². The molecule has 0 bridgehead atoms. The second-order valence-corrected chi connectivity index (χ2v) is 9.32. The molecule has 1 N–H and O–H groups in total. The van der Waals surface area contributed by atoms with Crippen molar-refractivity contribution in [1.29, 1.82) is 0 Å². The molecule has 0 unspecified atom stereocenters. The van der Waals surface area contributed by atoms with Gasteiger partial charge in [0.15, 0.2) is 0 Å². The van der Waals surface area contributed by atoms with Crippen LogP contribution in [0.15, 0.2) is 57.7 Å². The van der Waals surface area contributed by atoms with E-state index in [1.54, 1.807) is 12.1 Å². The fourth-order valence-corrected chi connectivity index (χ4v) is 4.93. The molecule has 5 nitrogen and oxygen atoms in total. The summed E-state index contributed by atoms with van der Waals surface area (Å²) in [6, 6.07) is 15.2. The zero-order valence-corrected chi connectivity index (χ0v) is 19.2. The Labute approximate surface area is 189 Å². The van der Waals surface area contributed by atoms with E-state index < -0.39 is 5.63 Å². The summed E-state index contributed by atoms with van der Waals surface area (Å²) in [5.41, 5.74) is 2.16. The van der Waals surface area contributed by atoms with Gasteiger partial charge in [-0.1, -0.05) is 61.9 Å². The van der Waals surface area contributed by atoms with Crippen molar-refractivity contribution in [3.63, 3.8) is 0 Å². The molecule has 0 aliphatic carbocycles. The maximum absolute atomic E-state index is 13.1. The van der Waals surface area contributed by atoms with E-state index in [2.05, 4.69) is 24.1 Å². The highest BCUT2D eigenvalue weighted by Crippen LogP contribution is 2.31. The van der Waals surface area contributed by atoms with Gasteiger partial charge in [-0.25, -0.2) is 4.79 Å². The number of nitrogens with one attached hydrogen (secondary N) is 1. The molecule has 32 heavy (non-hydrogen) atoms. The second-order valence-electron chi connectivity index (χ2n) is 9.32. The molecule has 0 saturated carbocycles. The van der Waals surface area contributed by atoms with Crippen LogP contribution in [0.2, 0.25) is 0 Å². The van der Waals surface area contributed by atoms with Crippen LogP contribution in [-0.2, 0) is 0 Å². The Balaban J connectivity index is 1.54. The van der Waals surface area contributed by atoms with E-state index in [0.717, 1.165) is 54.4 Å². The Kier molecular flexibility index (Phi) is 6.75. The van der Waals surface area contributed by atoms with Gasteiger partial charge in [0.25, 0.3) is 5.91 Å². The highest BCUT2D eigenvalue weighted by molar-refractivity contribution is 6.07. The average molecular weight is 433 g/mol. The van der Waals surface area contributed by atoms with Gasteiger partial charge in [-0.2, -0.15) is 0 Å². The van der Waals surface area contributed by atoms with Gasteiger partial charge < -0.3 is 14.6 Å². The summed E-state index contributed by atoms with van der Waals surface area (Å²) in [7, 11) is 0. The number of hydrogen-bond donors (Lipinski definition) is 1. The van der Waals surface area contributed by atoms with Crippen molar-refractivity contribution in [3.8, 4) is 11.1 Å². The smallest absolute Gasteiger partial charge is 0.344 e. The van der Waals surface area contributed by atoms with Crippen LogP contribution in [-0.4, -0.2) is 37.0 Å². The first-order valence-electron chi connectivity index (χ1n) is 11.6. The third-order valence-electron chi connectivity index (χ3n) is 6.27. The number of aryl methyl sites for hydroxylation is 1. The van der Waals surface area contributed by atoms with Gasteiger partial charge in [-0.15, -0.1) is 0 Å². The van der Waals surface area contributed by atoms with Crippen LogP contribution in [0.1, 0.15) is 42.8 Å². The van der Waals surface area contributed by atoms with Crippen LogP contribution in [0.5, 0.6) is 0 Å². The molecule has 2 atom stereocenters. The quantitative estimate of drug-likeness (QED) is 0.565. The topological polar surface area (TPSA) is 62.6 Å². The van der Waals surface area contributed by atoms with Crippen LogP contribution in [0, 0.1) is 18.8 Å². The Bertz CT molecular complexity index is 1140. The number of carbonyl (C=O) groups is 1. The third kappa shape index (κ3) is 4.94. The average Bonchev–Trinajstić information content (AvgIpc) is 2.77. The Morgan fingerprint density at radius 3 is 2.38 bits per heavy atom. The van der Waals surface area contributed by atoms with Crippen molar-refractivity contribution in [2.75, 3.05) is 26.2 Å². The number of benzene rings is 2. The number of hydrogen-bond acceptors (Lipinski definition) is 4. The van der Waals surface area contributed by atoms with Gasteiger partial charge in [-0.3, -0.25) is 4.79 Å². The minimum absolute atomic E-state index is 0.0813. The lowest BCUT2D eigenvalue weighted by molar-refractivity contribution is 0.0917. The highest BCUT2D eigenvalue weighted by Gasteiger charge is 2.23. The zero-order chi connectivity index (χ0) is 22.7. The first kappa shape index (κ1) is 22.3. The fraction of sp³-hybridized carbons (Fsp3) is 0.407. The van der Waals surface area contributed by atoms with Gasteiger partial charge in [0, 0.05) is 30.6 Å². The molecule has 4 rings (SSSR count). The van der Waals surface area contributed by atoms with Gasteiger partial charge in [0.1, 0.15) is 0 Å². The number of rotatable bonds is 6. The molecule has 1 aliphatic heterocycles. The van der Waals surface area contributed by atoms with E-state index in [9.17, 15) is 9.59 Å². The van der Waals surface area contributed by atoms with Crippen LogP contribution < -0.4 is 10.9 Å². The number of nitrogens with zero attached hydrogens (tertiary/aromatic N) is 1. The van der Waals surface area contributed by atoms with Gasteiger partial charge in [0.05, 0.1) is 5.39 Å². The molecule has 5 heteroatoms. The van der Waals surface area contributed by atoms with Crippen molar-refractivity contribution in [2.45, 2.75) is 33.6 Å². The van der Waals surface area contributed by atoms with E-state index in [4.69, 9.17) is 4.42 Å². The zero-order valence-electron chi connectivity index (χ0n) is 19.2. The van der Waals surface area contributed by atoms with E-state index >= 15 is 0 Å². The fourth-order valence-electron chi connectivity index (χ4n) is 4.93. The summed E-state index contributed by atoms with van der Waals surface area (Å²) < 4.78 is 5.57. The SMILES string of the molecule is Cc1ccc(-c2c(C(=O)NCCCN3C[C@H](C)C[C@@H](C)C3)oc(=O)c3ccccc23)cc1. The van der Waals surface area contributed by atoms with Gasteiger partial charge >= 0.3 is 5.63 Å². The normalized spacial score (nSPS) is 19.2. The van der Waals surface area contributed by atoms with E-state index in [-0.39, 0.29) is 11.7 Å². The molecule has 3 aromatic rings. The van der Waals surface area contributed by atoms with Gasteiger partial charge in [-0.05, 0) is 49.8 Å². The molecule has 0 spiro atoms. The lowest BCUT2D eigenvalue weighted by Crippen LogP contribution is -2.40. The maximum Gasteiger partial charge on any atom is 0.344 e. The van der Waals surface area contributed by atoms with Crippen molar-refractivity contribution < 1.29 is 9.21 Å². The number of carbonyl (C=O) groups excluding carboxylic acids is 1. The molecule has 1 amide bonds. The van der Waals surface area contributed by atoms with Crippen molar-refractivity contribution in [1.82, 2.24) is 10.2 Å². The summed E-state index contributed by atoms with van der Waals surface area (Å²) in [6.07, 6.45) is 2.15. The van der Waals surface area contributed by atoms with Crippen molar-refractivity contribution in [3.05, 3.63) is 70.3 Å². The predicted octanol–water partition coefficient (Wildman–Crippen LogP) is 4.87. The minimum Gasteiger partial charge on any atom is -0.416 e. The van der Waals surface area contributed by atoms with Crippen LogP contribution in [0.25, 0.3) is 21.9 Å². The molecule has 1 saturated heterocycles. The van der Waals surface area contributed by atoms with Crippen molar-refractivity contribution >= 4 is 16.7 Å². The molecule has 168 valence electrons. The van der Waals surface area contributed by atoms with E-state index in [0.29, 0.717) is 17.5 Å². The standard InChI is InChI=1S/C27H32N2O3/c1-18-9-11-21(12-10-18)24-22-7-4-5-8-23(22)27(31)32-25(24)26(30)28-13-6-14-29-16-19(2)15-20(3)17-29/h4-5,7-12,19-20H,6,13-17H2,1-3H3,(H,28,30)/t19-,20-/m1/s1. The summed E-state index contributed by atoms with van der Waals surface area (Å²) >= 11 is 0. The predicted molar refractivity (Wildman–Crippen MR) is 129 cm³/mol. The van der Waals surface area contributed by atoms with Crippen LogP contribution in [0.4, 0.5) is 0 Å². The molecule has 2 heterocycles. The first-order valence-corrected chi connectivity index (χ1v) is 11.6. The number of likely N-dealkylation sites (tertiary alicyclic amines) is 1. The summed E-state index contributed by atoms with van der Waals surface area (Å²) in [5, 5.41) is 4.19. The van der Waals surface area contributed by atoms with E-state index in [1.807, 2.05) is 43.3 Å². The van der Waals surface area contributed by atoms with E-state index in [1.165, 1.54) is 6.42 Å². The second kappa shape index (κ2) is 9.70. The maximum atomic E-state index is 13.1. The minimum atomic E-state index is -0.488. The Morgan fingerprint density at radius 2 is 1.69 bits per heavy atom. The molecule has 0 radical (unpaired) electrons. The molecule has 1 aliphatic rings. The Morgan fingerprint density at radius 1 is 1.03 bits per heavy atom.